The smallest absolute Gasteiger partial charge is 0.255 e. The van der Waals surface area contributed by atoms with Crippen LogP contribution in [0.4, 0.5) is 0 Å². The van der Waals surface area contributed by atoms with Crippen molar-refractivity contribution in [1.29, 1.82) is 0 Å². The van der Waals surface area contributed by atoms with Crippen LogP contribution in [-0.2, 0) is 6.54 Å². The molecular formula is C15H15NO3S. The highest BCUT2D eigenvalue weighted by Gasteiger charge is 2.13. The van der Waals surface area contributed by atoms with Crippen LogP contribution < -0.4 is 5.32 Å². The topological polar surface area (TPSA) is 62.5 Å². The molecular weight excluding hydrogens is 274 g/mol. The standard InChI is InChI=1S/C15H15NO3S/c1-10-8-14(11(2)19-10)15(18)16-9-13-6-5-12(20-13)4-3-7-17/h5-6,8,17H,7,9H2,1-2H3,(H,16,18). The van der Waals surface area contributed by atoms with Crippen LogP contribution in [0.5, 0.6) is 0 Å². The Hall–Kier alpha value is -2.03. The van der Waals surface area contributed by atoms with Crippen LogP contribution in [-0.4, -0.2) is 17.6 Å². The lowest BCUT2D eigenvalue weighted by Gasteiger charge is -2.01. The first-order valence-corrected chi connectivity index (χ1v) is 6.95. The molecule has 0 aliphatic rings. The van der Waals surface area contributed by atoms with Gasteiger partial charge in [0.15, 0.2) is 0 Å². The molecule has 5 heteroatoms. The predicted molar refractivity (Wildman–Crippen MR) is 77.6 cm³/mol. The molecule has 0 atom stereocenters. The second-order valence-corrected chi connectivity index (χ2v) is 5.40. The number of hydrogen-bond acceptors (Lipinski definition) is 4. The van der Waals surface area contributed by atoms with Gasteiger partial charge in [0.25, 0.3) is 5.91 Å². The summed E-state index contributed by atoms with van der Waals surface area (Å²) in [6, 6.07) is 5.53. The highest BCUT2D eigenvalue weighted by Crippen LogP contribution is 2.16. The molecule has 2 rings (SSSR count). The van der Waals surface area contributed by atoms with E-state index >= 15 is 0 Å². The lowest BCUT2D eigenvalue weighted by molar-refractivity contribution is 0.0950. The zero-order valence-electron chi connectivity index (χ0n) is 11.3. The number of carbonyl (C=O) groups excluding carboxylic acids is 1. The van der Waals surface area contributed by atoms with E-state index in [1.165, 1.54) is 11.3 Å². The average molecular weight is 289 g/mol. The summed E-state index contributed by atoms with van der Waals surface area (Å²) in [4.78, 5) is 13.9. The van der Waals surface area contributed by atoms with E-state index in [4.69, 9.17) is 9.52 Å². The van der Waals surface area contributed by atoms with Crippen molar-refractivity contribution in [3.63, 3.8) is 0 Å². The molecule has 2 aromatic rings. The van der Waals surface area contributed by atoms with Crippen LogP contribution >= 0.6 is 11.3 Å². The van der Waals surface area contributed by atoms with Gasteiger partial charge < -0.3 is 14.8 Å². The van der Waals surface area contributed by atoms with Crippen LogP contribution in [0.15, 0.2) is 22.6 Å². The van der Waals surface area contributed by atoms with Gasteiger partial charge in [0.05, 0.1) is 17.0 Å². The molecule has 0 saturated carbocycles. The largest absolute Gasteiger partial charge is 0.466 e. The van der Waals surface area contributed by atoms with Crippen molar-refractivity contribution in [2.45, 2.75) is 20.4 Å². The molecule has 4 nitrogen and oxygen atoms in total. The predicted octanol–water partition coefficient (Wildman–Crippen LogP) is 2.23. The molecule has 0 spiro atoms. The Labute approximate surface area is 121 Å². The summed E-state index contributed by atoms with van der Waals surface area (Å²) in [5.74, 6) is 6.64. The van der Waals surface area contributed by atoms with Crippen molar-refractivity contribution in [1.82, 2.24) is 5.32 Å². The van der Waals surface area contributed by atoms with Gasteiger partial charge in [0.1, 0.15) is 18.1 Å². The zero-order valence-corrected chi connectivity index (χ0v) is 12.1. The fourth-order valence-corrected chi connectivity index (χ4v) is 2.61. The number of nitrogens with one attached hydrogen (secondary N) is 1. The van der Waals surface area contributed by atoms with Crippen molar-refractivity contribution >= 4 is 17.2 Å². The Balaban J connectivity index is 1.96. The van der Waals surface area contributed by atoms with Crippen LogP contribution in [0.25, 0.3) is 0 Å². The number of aliphatic hydroxyl groups excluding tert-OH is 1. The summed E-state index contributed by atoms with van der Waals surface area (Å²) in [7, 11) is 0. The molecule has 0 aromatic carbocycles. The van der Waals surface area contributed by atoms with E-state index in [-0.39, 0.29) is 12.5 Å². The van der Waals surface area contributed by atoms with E-state index < -0.39 is 0 Å². The second-order valence-electron chi connectivity index (χ2n) is 4.24. The van der Waals surface area contributed by atoms with Crippen molar-refractivity contribution in [2.75, 3.05) is 6.61 Å². The summed E-state index contributed by atoms with van der Waals surface area (Å²) in [6.45, 7) is 3.89. The maximum absolute atomic E-state index is 12.0. The van der Waals surface area contributed by atoms with Crippen LogP contribution in [0.2, 0.25) is 0 Å². The Kier molecular flexibility index (Phi) is 4.61. The number of furan rings is 1. The van der Waals surface area contributed by atoms with E-state index in [1.54, 1.807) is 13.0 Å². The number of aryl methyl sites for hydroxylation is 2. The van der Waals surface area contributed by atoms with Gasteiger partial charge in [-0.3, -0.25) is 4.79 Å². The van der Waals surface area contributed by atoms with Crippen LogP contribution in [0, 0.1) is 25.7 Å². The molecule has 0 bridgehead atoms. The fraction of sp³-hybridized carbons (Fsp3) is 0.267. The normalized spacial score (nSPS) is 9.95. The molecule has 0 unspecified atom stereocenters. The molecule has 2 heterocycles. The third-order valence-corrected chi connectivity index (χ3v) is 3.66. The quantitative estimate of drug-likeness (QED) is 0.852. The number of carbonyl (C=O) groups is 1. The van der Waals surface area contributed by atoms with Crippen molar-refractivity contribution < 1.29 is 14.3 Å². The van der Waals surface area contributed by atoms with E-state index in [0.29, 0.717) is 17.9 Å². The molecule has 104 valence electrons. The summed E-state index contributed by atoms with van der Waals surface area (Å²) >= 11 is 1.50. The lowest BCUT2D eigenvalue weighted by atomic mass is 10.2. The molecule has 0 aliphatic carbocycles. The highest BCUT2D eigenvalue weighted by atomic mass is 32.1. The highest BCUT2D eigenvalue weighted by molar-refractivity contribution is 7.12. The lowest BCUT2D eigenvalue weighted by Crippen LogP contribution is -2.22. The second kappa shape index (κ2) is 6.42. The molecule has 0 aliphatic heterocycles. The molecule has 1 amide bonds. The van der Waals surface area contributed by atoms with E-state index in [9.17, 15) is 4.79 Å². The van der Waals surface area contributed by atoms with E-state index in [1.807, 2.05) is 19.1 Å². The van der Waals surface area contributed by atoms with Gasteiger partial charge in [-0.05, 0) is 32.0 Å². The maximum Gasteiger partial charge on any atom is 0.255 e. The van der Waals surface area contributed by atoms with Gasteiger partial charge in [-0.25, -0.2) is 0 Å². The Morgan fingerprint density at radius 1 is 1.45 bits per heavy atom. The number of thiophene rings is 1. The summed E-state index contributed by atoms with van der Waals surface area (Å²) in [5.41, 5.74) is 0.569. The number of amides is 1. The van der Waals surface area contributed by atoms with Gasteiger partial charge in [-0.1, -0.05) is 11.8 Å². The summed E-state index contributed by atoms with van der Waals surface area (Å²) < 4.78 is 5.34. The monoisotopic (exact) mass is 289 g/mol. The molecule has 20 heavy (non-hydrogen) atoms. The number of aliphatic hydroxyl groups is 1. The Morgan fingerprint density at radius 3 is 2.90 bits per heavy atom. The zero-order chi connectivity index (χ0) is 14.5. The van der Waals surface area contributed by atoms with Gasteiger partial charge in [-0.15, -0.1) is 11.3 Å². The Bertz CT molecular complexity index is 673. The van der Waals surface area contributed by atoms with Crippen LogP contribution in [0.3, 0.4) is 0 Å². The molecule has 0 fully saturated rings. The fourth-order valence-electron chi connectivity index (χ4n) is 1.79. The number of rotatable bonds is 3. The minimum atomic E-state index is -0.150. The first-order chi connectivity index (χ1) is 9.60. The van der Waals surface area contributed by atoms with E-state index in [2.05, 4.69) is 17.2 Å². The SMILES string of the molecule is Cc1cc(C(=O)NCc2ccc(C#CCO)s2)c(C)o1. The minimum Gasteiger partial charge on any atom is -0.466 e. The first-order valence-electron chi connectivity index (χ1n) is 6.14. The summed E-state index contributed by atoms with van der Waals surface area (Å²) in [5, 5.41) is 11.5. The van der Waals surface area contributed by atoms with Crippen molar-refractivity contribution in [3.8, 4) is 11.8 Å². The van der Waals surface area contributed by atoms with Gasteiger partial charge in [0, 0.05) is 4.88 Å². The van der Waals surface area contributed by atoms with Crippen molar-refractivity contribution in [3.05, 3.63) is 45.0 Å². The van der Waals surface area contributed by atoms with Gasteiger partial charge in [0.2, 0.25) is 0 Å². The maximum atomic E-state index is 12.0. The minimum absolute atomic E-state index is 0.143. The van der Waals surface area contributed by atoms with Gasteiger partial charge in [-0.2, -0.15) is 0 Å². The van der Waals surface area contributed by atoms with E-state index in [0.717, 1.165) is 15.5 Å². The number of hydrogen-bond donors (Lipinski definition) is 2. The average Bonchev–Trinajstić information content (AvgIpc) is 3.00. The van der Waals surface area contributed by atoms with Crippen molar-refractivity contribution in [2.24, 2.45) is 0 Å². The summed E-state index contributed by atoms with van der Waals surface area (Å²) in [6.07, 6.45) is 0. The van der Waals surface area contributed by atoms with Gasteiger partial charge >= 0.3 is 0 Å². The molecule has 2 aromatic heterocycles. The molecule has 0 radical (unpaired) electrons. The molecule has 0 saturated heterocycles. The van der Waals surface area contributed by atoms with Crippen LogP contribution in [0.1, 0.15) is 31.6 Å². The third-order valence-electron chi connectivity index (χ3n) is 2.66. The third kappa shape index (κ3) is 3.50. The Morgan fingerprint density at radius 2 is 2.25 bits per heavy atom. The first kappa shape index (κ1) is 14.4. The molecule has 2 N–H and O–H groups in total.